The lowest BCUT2D eigenvalue weighted by Crippen LogP contribution is -2.47. The number of anilines is 1. The molecule has 0 saturated carbocycles. The minimum absolute atomic E-state index is 0.00162. The molecule has 0 spiro atoms. The van der Waals surface area contributed by atoms with E-state index in [-0.39, 0.29) is 24.5 Å². The van der Waals surface area contributed by atoms with Gasteiger partial charge in [0.15, 0.2) is 11.5 Å². The van der Waals surface area contributed by atoms with E-state index in [4.69, 9.17) is 9.47 Å². The number of rotatable bonds is 7. The minimum Gasteiger partial charge on any atom is -0.454 e. The molecule has 2 aromatic rings. The number of aromatic nitrogens is 2. The molecule has 1 aliphatic heterocycles. The van der Waals surface area contributed by atoms with E-state index in [0.29, 0.717) is 28.1 Å². The summed E-state index contributed by atoms with van der Waals surface area (Å²) in [5.74, 6) is 0.905. The average Bonchev–Trinajstić information content (AvgIpc) is 3.33. The Labute approximate surface area is 161 Å². The molecule has 0 bridgehead atoms. The molecule has 0 unspecified atom stereocenters. The van der Waals surface area contributed by atoms with Gasteiger partial charge in [-0.05, 0) is 24.1 Å². The lowest BCUT2D eigenvalue weighted by Gasteiger charge is -2.22. The van der Waals surface area contributed by atoms with Crippen LogP contribution in [0.25, 0.3) is 10.6 Å². The van der Waals surface area contributed by atoms with Crippen LogP contribution in [-0.2, 0) is 9.59 Å². The summed E-state index contributed by atoms with van der Waals surface area (Å²) in [4.78, 5) is 24.4. The molecule has 3 rings (SSSR count). The van der Waals surface area contributed by atoms with Crippen molar-refractivity contribution in [3.8, 4) is 22.1 Å². The lowest BCUT2D eigenvalue weighted by atomic mass is 9.98. The Morgan fingerprint density at radius 2 is 2.00 bits per heavy atom. The highest BCUT2D eigenvalue weighted by atomic mass is 32.1. The van der Waals surface area contributed by atoms with Gasteiger partial charge in [0.2, 0.25) is 23.7 Å². The lowest BCUT2D eigenvalue weighted by molar-refractivity contribution is -0.127. The van der Waals surface area contributed by atoms with Crippen LogP contribution in [0.5, 0.6) is 11.5 Å². The van der Waals surface area contributed by atoms with Crippen molar-refractivity contribution in [1.82, 2.24) is 15.5 Å². The van der Waals surface area contributed by atoms with Gasteiger partial charge < -0.3 is 14.8 Å². The minimum atomic E-state index is -0.611. The predicted molar refractivity (Wildman–Crippen MR) is 102 cm³/mol. The number of amides is 2. The standard InChI is InChI=1S/C18H22N4O4S/c1-4-10(3)15(19-14(23)5-2)16(24)20-18-22-21-17(27-18)11-6-7-12-13(8-11)26-9-25-12/h6-8,10,15H,4-5,9H2,1-3H3,(H,19,23)(H,20,22,24)/t10-,15-/m1/s1. The third-order valence-electron chi connectivity index (χ3n) is 4.41. The zero-order valence-electron chi connectivity index (χ0n) is 15.4. The molecule has 2 N–H and O–H groups in total. The molecule has 144 valence electrons. The molecule has 1 aromatic heterocycles. The van der Waals surface area contributed by atoms with Crippen molar-refractivity contribution in [2.24, 2.45) is 5.92 Å². The average molecular weight is 390 g/mol. The number of nitrogens with one attached hydrogen (secondary N) is 2. The van der Waals surface area contributed by atoms with Gasteiger partial charge >= 0.3 is 0 Å². The van der Waals surface area contributed by atoms with Gasteiger partial charge in [0.1, 0.15) is 11.0 Å². The van der Waals surface area contributed by atoms with Crippen molar-refractivity contribution in [2.75, 3.05) is 12.1 Å². The number of carbonyl (C=O) groups excluding carboxylic acids is 2. The Morgan fingerprint density at radius 3 is 2.74 bits per heavy atom. The van der Waals surface area contributed by atoms with E-state index in [9.17, 15) is 9.59 Å². The molecule has 27 heavy (non-hydrogen) atoms. The molecular weight excluding hydrogens is 368 g/mol. The summed E-state index contributed by atoms with van der Waals surface area (Å²) in [5, 5.41) is 14.8. The van der Waals surface area contributed by atoms with Crippen LogP contribution >= 0.6 is 11.3 Å². The maximum Gasteiger partial charge on any atom is 0.249 e. The molecular formula is C18H22N4O4S. The third-order valence-corrected chi connectivity index (χ3v) is 5.30. The molecule has 2 atom stereocenters. The fourth-order valence-corrected chi connectivity index (χ4v) is 3.32. The van der Waals surface area contributed by atoms with E-state index in [1.807, 2.05) is 32.0 Å². The molecule has 1 aromatic carbocycles. The van der Waals surface area contributed by atoms with Crippen LogP contribution in [0.1, 0.15) is 33.6 Å². The summed E-state index contributed by atoms with van der Waals surface area (Å²) in [7, 11) is 0. The highest BCUT2D eigenvalue weighted by Crippen LogP contribution is 2.37. The Bertz CT molecular complexity index is 839. The van der Waals surface area contributed by atoms with Gasteiger partial charge in [-0.15, -0.1) is 10.2 Å². The van der Waals surface area contributed by atoms with Crippen LogP contribution in [0.3, 0.4) is 0 Å². The van der Waals surface area contributed by atoms with Gasteiger partial charge in [-0.3, -0.25) is 14.9 Å². The highest BCUT2D eigenvalue weighted by molar-refractivity contribution is 7.18. The number of ether oxygens (including phenoxy) is 2. The molecule has 2 heterocycles. The third kappa shape index (κ3) is 4.36. The smallest absolute Gasteiger partial charge is 0.249 e. The summed E-state index contributed by atoms with van der Waals surface area (Å²) in [6, 6.07) is 4.90. The number of hydrogen-bond donors (Lipinski definition) is 2. The maximum absolute atomic E-state index is 12.6. The summed E-state index contributed by atoms with van der Waals surface area (Å²) < 4.78 is 10.7. The molecule has 0 radical (unpaired) electrons. The second-order valence-electron chi connectivity index (χ2n) is 6.25. The van der Waals surface area contributed by atoms with Gasteiger partial charge in [0.25, 0.3) is 0 Å². The van der Waals surface area contributed by atoms with Crippen LogP contribution in [0, 0.1) is 5.92 Å². The quantitative estimate of drug-likeness (QED) is 0.754. The first-order valence-corrected chi connectivity index (χ1v) is 9.67. The van der Waals surface area contributed by atoms with Crippen LogP contribution in [0.15, 0.2) is 18.2 Å². The number of fused-ring (bicyclic) bond motifs is 1. The number of hydrogen-bond acceptors (Lipinski definition) is 7. The van der Waals surface area contributed by atoms with Gasteiger partial charge in [-0.1, -0.05) is 38.5 Å². The Morgan fingerprint density at radius 1 is 1.22 bits per heavy atom. The molecule has 9 heteroatoms. The monoisotopic (exact) mass is 390 g/mol. The molecule has 2 amide bonds. The van der Waals surface area contributed by atoms with Crippen LogP contribution < -0.4 is 20.1 Å². The van der Waals surface area contributed by atoms with E-state index in [0.717, 1.165) is 12.0 Å². The van der Waals surface area contributed by atoms with Crippen LogP contribution in [0.4, 0.5) is 5.13 Å². The van der Waals surface area contributed by atoms with Crippen LogP contribution in [0.2, 0.25) is 0 Å². The van der Waals surface area contributed by atoms with E-state index in [1.165, 1.54) is 11.3 Å². The fourth-order valence-electron chi connectivity index (χ4n) is 2.58. The summed E-state index contributed by atoms with van der Waals surface area (Å²) in [6.45, 7) is 5.87. The zero-order valence-corrected chi connectivity index (χ0v) is 16.3. The SMILES string of the molecule is CCC(=O)N[C@@H](C(=O)Nc1nnc(-c2ccc3c(c2)OCO3)s1)[C@H](C)CC. The largest absolute Gasteiger partial charge is 0.454 e. The molecule has 8 nitrogen and oxygen atoms in total. The van der Waals surface area contributed by atoms with Gasteiger partial charge in [0.05, 0.1) is 0 Å². The number of nitrogens with zero attached hydrogens (tertiary/aromatic N) is 2. The van der Waals surface area contributed by atoms with E-state index < -0.39 is 6.04 Å². The van der Waals surface area contributed by atoms with Gasteiger partial charge in [0, 0.05) is 12.0 Å². The number of benzene rings is 1. The second kappa shape index (κ2) is 8.34. The highest BCUT2D eigenvalue weighted by Gasteiger charge is 2.26. The van der Waals surface area contributed by atoms with Crippen molar-refractivity contribution >= 4 is 28.3 Å². The van der Waals surface area contributed by atoms with Gasteiger partial charge in [-0.25, -0.2) is 0 Å². The summed E-state index contributed by atoms with van der Waals surface area (Å²) in [5.41, 5.74) is 0.829. The van der Waals surface area contributed by atoms with Crippen LogP contribution in [-0.4, -0.2) is 34.8 Å². The molecule has 0 aliphatic carbocycles. The Balaban J connectivity index is 1.72. The van der Waals surface area contributed by atoms with Crippen molar-refractivity contribution in [3.63, 3.8) is 0 Å². The van der Waals surface area contributed by atoms with Crippen molar-refractivity contribution in [2.45, 2.75) is 39.7 Å². The van der Waals surface area contributed by atoms with Crippen molar-refractivity contribution in [1.29, 1.82) is 0 Å². The molecule has 1 aliphatic rings. The van der Waals surface area contributed by atoms with Crippen molar-refractivity contribution < 1.29 is 19.1 Å². The second-order valence-corrected chi connectivity index (χ2v) is 7.23. The first-order chi connectivity index (χ1) is 13.0. The first kappa shape index (κ1) is 19.1. The molecule has 0 fully saturated rings. The zero-order chi connectivity index (χ0) is 19.4. The maximum atomic E-state index is 12.6. The first-order valence-electron chi connectivity index (χ1n) is 8.85. The normalized spacial score (nSPS) is 14.5. The Kier molecular flexibility index (Phi) is 5.90. The van der Waals surface area contributed by atoms with E-state index >= 15 is 0 Å². The molecule has 0 saturated heterocycles. The summed E-state index contributed by atoms with van der Waals surface area (Å²) >= 11 is 1.26. The Hall–Kier alpha value is -2.68. The summed E-state index contributed by atoms with van der Waals surface area (Å²) in [6.07, 6.45) is 1.09. The topological polar surface area (TPSA) is 102 Å². The number of carbonyl (C=O) groups is 2. The fraction of sp³-hybridized carbons (Fsp3) is 0.444. The van der Waals surface area contributed by atoms with E-state index in [1.54, 1.807) is 6.92 Å². The van der Waals surface area contributed by atoms with E-state index in [2.05, 4.69) is 20.8 Å². The van der Waals surface area contributed by atoms with Crippen molar-refractivity contribution in [3.05, 3.63) is 18.2 Å². The van der Waals surface area contributed by atoms with Gasteiger partial charge in [-0.2, -0.15) is 0 Å². The predicted octanol–water partition coefficient (Wildman–Crippen LogP) is 2.81.